The van der Waals surface area contributed by atoms with E-state index in [2.05, 4.69) is 4.99 Å². The Balaban J connectivity index is 1.99. The molecule has 0 N–H and O–H groups in total. The fourth-order valence-electron chi connectivity index (χ4n) is 3.35. The van der Waals surface area contributed by atoms with E-state index in [0.717, 1.165) is 18.5 Å². The second-order valence-corrected chi connectivity index (χ2v) is 10.5. The van der Waals surface area contributed by atoms with E-state index in [1.807, 2.05) is 36.9 Å². The van der Waals surface area contributed by atoms with Gasteiger partial charge in [0, 0.05) is 23.4 Å². The van der Waals surface area contributed by atoms with Crippen molar-refractivity contribution in [3.05, 3.63) is 18.2 Å². The zero-order valence-corrected chi connectivity index (χ0v) is 18.7. The first kappa shape index (κ1) is 22.0. The van der Waals surface area contributed by atoms with Crippen molar-refractivity contribution in [2.75, 3.05) is 29.6 Å². The number of rotatable bonds is 8. The average molecular weight is 441 g/mol. The number of carbonyl (C=O) groups excluding carboxylic acids is 1. The molecule has 1 aromatic carbocycles. The SMILES string of the molecule is CCCOc1ccc(N2C(=NC(=O)CC)S[C@@H]3CS(=O)(=O)C[C@@H]32)cc1OCCC. The van der Waals surface area contributed by atoms with Crippen LogP contribution in [-0.2, 0) is 14.6 Å². The number of hydrogen-bond acceptors (Lipinski definition) is 6. The molecule has 1 amide bonds. The Hall–Kier alpha value is -1.74. The van der Waals surface area contributed by atoms with Crippen LogP contribution in [-0.4, -0.2) is 55.5 Å². The lowest BCUT2D eigenvalue weighted by Gasteiger charge is -2.25. The van der Waals surface area contributed by atoms with Crippen molar-refractivity contribution in [3.63, 3.8) is 0 Å². The van der Waals surface area contributed by atoms with E-state index in [-0.39, 0.29) is 28.7 Å². The van der Waals surface area contributed by atoms with Gasteiger partial charge in [0.05, 0.1) is 30.8 Å². The van der Waals surface area contributed by atoms with E-state index in [9.17, 15) is 13.2 Å². The van der Waals surface area contributed by atoms with E-state index in [4.69, 9.17) is 9.47 Å². The summed E-state index contributed by atoms with van der Waals surface area (Å²) in [4.78, 5) is 18.1. The maximum atomic E-state index is 12.2. The lowest BCUT2D eigenvalue weighted by Crippen LogP contribution is -2.37. The smallest absolute Gasteiger partial charge is 0.247 e. The molecule has 0 bridgehead atoms. The summed E-state index contributed by atoms with van der Waals surface area (Å²) in [5.74, 6) is 1.23. The molecule has 0 aromatic heterocycles. The highest BCUT2D eigenvalue weighted by Crippen LogP contribution is 2.43. The number of thioether (sulfide) groups is 1. The Bertz CT molecular complexity index is 885. The van der Waals surface area contributed by atoms with Crippen LogP contribution in [0, 0.1) is 0 Å². The third-order valence-electron chi connectivity index (χ3n) is 4.72. The monoisotopic (exact) mass is 440 g/mol. The number of sulfone groups is 1. The Kier molecular flexibility index (Phi) is 7.10. The fourth-order valence-corrected chi connectivity index (χ4v) is 7.29. The zero-order chi connectivity index (χ0) is 21.0. The summed E-state index contributed by atoms with van der Waals surface area (Å²) in [6.45, 7) is 6.97. The second kappa shape index (κ2) is 9.38. The Labute approximate surface area is 176 Å². The first-order chi connectivity index (χ1) is 13.9. The normalized spacial score (nSPS) is 24.0. The summed E-state index contributed by atoms with van der Waals surface area (Å²) >= 11 is 1.38. The minimum atomic E-state index is -3.11. The van der Waals surface area contributed by atoms with E-state index in [1.165, 1.54) is 11.8 Å². The van der Waals surface area contributed by atoms with Crippen molar-refractivity contribution in [1.82, 2.24) is 0 Å². The maximum absolute atomic E-state index is 12.2. The van der Waals surface area contributed by atoms with E-state index >= 15 is 0 Å². The molecule has 1 aromatic rings. The molecule has 2 heterocycles. The number of carbonyl (C=O) groups is 1. The predicted molar refractivity (Wildman–Crippen MR) is 117 cm³/mol. The molecule has 9 heteroatoms. The topological polar surface area (TPSA) is 85.3 Å². The molecule has 0 aliphatic carbocycles. The summed E-state index contributed by atoms with van der Waals surface area (Å²) in [5.41, 5.74) is 0.764. The molecule has 7 nitrogen and oxygen atoms in total. The van der Waals surface area contributed by atoms with Gasteiger partial charge in [-0.05, 0) is 25.0 Å². The van der Waals surface area contributed by atoms with E-state index < -0.39 is 9.84 Å². The summed E-state index contributed by atoms with van der Waals surface area (Å²) < 4.78 is 36.1. The van der Waals surface area contributed by atoms with Gasteiger partial charge in [0.2, 0.25) is 5.91 Å². The van der Waals surface area contributed by atoms with Crippen LogP contribution in [0.5, 0.6) is 11.5 Å². The molecule has 0 unspecified atom stereocenters. The highest BCUT2D eigenvalue weighted by atomic mass is 32.2. The standard InChI is InChI=1S/C20H28N2O5S2/c1-4-9-26-16-8-7-14(11-17(16)27-10-5-2)22-15-12-29(24,25)13-18(15)28-20(22)21-19(23)6-3/h7-8,11,15,18H,4-6,9-10,12-13H2,1-3H3/t15-,18+/m0/s1. The molecular formula is C20H28N2O5S2. The number of ether oxygens (including phenoxy) is 2. The van der Waals surface area contributed by atoms with Gasteiger partial charge in [-0.3, -0.25) is 4.79 Å². The zero-order valence-electron chi connectivity index (χ0n) is 17.1. The Morgan fingerprint density at radius 2 is 1.83 bits per heavy atom. The molecular weight excluding hydrogens is 412 g/mol. The fraction of sp³-hybridized carbons (Fsp3) is 0.600. The largest absolute Gasteiger partial charge is 0.490 e. The minimum Gasteiger partial charge on any atom is -0.490 e. The summed E-state index contributed by atoms with van der Waals surface area (Å²) in [5, 5.41) is 0.435. The summed E-state index contributed by atoms with van der Waals surface area (Å²) in [6, 6.07) is 5.34. The molecule has 2 fully saturated rings. The van der Waals surface area contributed by atoms with Crippen LogP contribution < -0.4 is 14.4 Å². The van der Waals surface area contributed by atoms with Crippen LogP contribution >= 0.6 is 11.8 Å². The molecule has 2 saturated heterocycles. The quantitative estimate of drug-likeness (QED) is 0.613. The number of aliphatic imine (C=N–C) groups is 1. The number of amidine groups is 1. The van der Waals surface area contributed by atoms with Gasteiger partial charge in [0.25, 0.3) is 0 Å². The number of fused-ring (bicyclic) bond motifs is 1. The van der Waals surface area contributed by atoms with Gasteiger partial charge in [-0.25, -0.2) is 8.42 Å². The molecule has 3 rings (SSSR count). The molecule has 2 aliphatic heterocycles. The number of nitrogens with zero attached hydrogens (tertiary/aromatic N) is 2. The number of hydrogen-bond donors (Lipinski definition) is 0. The van der Waals surface area contributed by atoms with Crippen LogP contribution in [0.25, 0.3) is 0 Å². The Morgan fingerprint density at radius 1 is 1.14 bits per heavy atom. The molecule has 0 saturated carbocycles. The lowest BCUT2D eigenvalue weighted by atomic mass is 10.2. The highest BCUT2D eigenvalue weighted by Gasteiger charge is 2.49. The first-order valence-corrected chi connectivity index (χ1v) is 12.8. The molecule has 29 heavy (non-hydrogen) atoms. The van der Waals surface area contributed by atoms with Crippen molar-refractivity contribution < 1.29 is 22.7 Å². The summed E-state index contributed by atoms with van der Waals surface area (Å²) in [6.07, 6.45) is 2.05. The van der Waals surface area contributed by atoms with Crippen LogP contribution in [0.3, 0.4) is 0 Å². The number of anilines is 1. The van der Waals surface area contributed by atoms with Crippen molar-refractivity contribution >= 4 is 38.4 Å². The third-order valence-corrected chi connectivity index (χ3v) is 7.93. The van der Waals surface area contributed by atoms with Gasteiger partial charge in [-0.2, -0.15) is 4.99 Å². The van der Waals surface area contributed by atoms with Crippen molar-refractivity contribution in [2.24, 2.45) is 4.99 Å². The number of amides is 1. The van der Waals surface area contributed by atoms with Crippen molar-refractivity contribution in [1.29, 1.82) is 0 Å². The average Bonchev–Trinajstić information content (AvgIpc) is 3.15. The minimum absolute atomic E-state index is 0.0588. The molecule has 0 radical (unpaired) electrons. The highest BCUT2D eigenvalue weighted by molar-refractivity contribution is 8.16. The molecule has 160 valence electrons. The van der Waals surface area contributed by atoms with Gasteiger partial charge in [-0.15, -0.1) is 0 Å². The van der Waals surface area contributed by atoms with Gasteiger partial charge in [0.1, 0.15) is 0 Å². The van der Waals surface area contributed by atoms with E-state index in [1.54, 1.807) is 6.92 Å². The maximum Gasteiger partial charge on any atom is 0.247 e. The third kappa shape index (κ3) is 5.06. The van der Waals surface area contributed by atoms with Gasteiger partial charge >= 0.3 is 0 Å². The van der Waals surface area contributed by atoms with Crippen LogP contribution in [0.1, 0.15) is 40.0 Å². The van der Waals surface area contributed by atoms with Crippen LogP contribution in [0.15, 0.2) is 23.2 Å². The van der Waals surface area contributed by atoms with Crippen LogP contribution in [0.2, 0.25) is 0 Å². The lowest BCUT2D eigenvalue weighted by molar-refractivity contribution is -0.117. The Morgan fingerprint density at radius 3 is 2.48 bits per heavy atom. The second-order valence-electron chi connectivity index (χ2n) is 7.14. The van der Waals surface area contributed by atoms with E-state index in [0.29, 0.717) is 36.3 Å². The van der Waals surface area contributed by atoms with Crippen LogP contribution in [0.4, 0.5) is 5.69 Å². The van der Waals surface area contributed by atoms with Crippen molar-refractivity contribution in [2.45, 2.75) is 51.3 Å². The first-order valence-electron chi connectivity index (χ1n) is 10.1. The predicted octanol–water partition coefficient (Wildman–Crippen LogP) is 3.28. The molecule has 2 aliphatic rings. The number of benzene rings is 1. The molecule has 2 atom stereocenters. The van der Waals surface area contributed by atoms with Crippen molar-refractivity contribution in [3.8, 4) is 11.5 Å². The summed E-state index contributed by atoms with van der Waals surface area (Å²) in [7, 11) is -3.11. The van der Waals surface area contributed by atoms with Gasteiger partial charge in [-0.1, -0.05) is 32.5 Å². The van der Waals surface area contributed by atoms with Gasteiger partial charge < -0.3 is 14.4 Å². The molecule has 0 spiro atoms. The van der Waals surface area contributed by atoms with Gasteiger partial charge in [0.15, 0.2) is 26.5 Å².